The lowest BCUT2D eigenvalue weighted by atomic mass is 10.3. The van der Waals surface area contributed by atoms with Crippen molar-refractivity contribution in [1.29, 1.82) is 0 Å². The molecule has 9 heteroatoms. The highest BCUT2D eigenvalue weighted by Crippen LogP contribution is 2.23. The average Bonchev–Trinajstić information content (AvgIpc) is 2.53. The third-order valence-corrected chi connectivity index (χ3v) is 5.61. The summed E-state index contributed by atoms with van der Waals surface area (Å²) < 4.78 is 53.4. The average molecular weight is 359 g/mol. The van der Waals surface area contributed by atoms with Gasteiger partial charge in [0.05, 0.1) is 6.54 Å². The summed E-state index contributed by atoms with van der Waals surface area (Å²) in [4.78, 5) is 12.5. The molecule has 1 fully saturated rings. The van der Waals surface area contributed by atoms with Crippen LogP contribution in [0.4, 0.5) is 8.78 Å². The van der Waals surface area contributed by atoms with Crippen molar-refractivity contribution in [3.8, 4) is 0 Å². The SMILES string of the molecule is C=CCNC(=O)CN1CCN(S(=O)(=O)c2c(F)cccc2F)CC1. The molecule has 1 aromatic carbocycles. The summed E-state index contributed by atoms with van der Waals surface area (Å²) in [5, 5.41) is 2.63. The second-order valence-corrected chi connectivity index (χ2v) is 7.20. The molecule has 24 heavy (non-hydrogen) atoms. The number of piperazine rings is 1. The molecule has 1 N–H and O–H groups in total. The minimum Gasteiger partial charge on any atom is -0.352 e. The van der Waals surface area contributed by atoms with Crippen molar-refractivity contribution < 1.29 is 22.0 Å². The van der Waals surface area contributed by atoms with Gasteiger partial charge in [0.25, 0.3) is 0 Å². The van der Waals surface area contributed by atoms with E-state index in [2.05, 4.69) is 11.9 Å². The van der Waals surface area contributed by atoms with Gasteiger partial charge in [0, 0.05) is 32.7 Å². The molecule has 1 heterocycles. The Morgan fingerprint density at radius 2 is 1.79 bits per heavy atom. The lowest BCUT2D eigenvalue weighted by molar-refractivity contribution is -0.122. The van der Waals surface area contributed by atoms with E-state index in [0.717, 1.165) is 22.5 Å². The molecule has 0 unspecified atom stereocenters. The van der Waals surface area contributed by atoms with E-state index in [9.17, 15) is 22.0 Å². The molecular formula is C15H19F2N3O3S. The number of carbonyl (C=O) groups is 1. The predicted molar refractivity (Wildman–Crippen MR) is 84.8 cm³/mol. The van der Waals surface area contributed by atoms with Crippen LogP contribution in [0.25, 0.3) is 0 Å². The summed E-state index contributed by atoms with van der Waals surface area (Å²) in [5.41, 5.74) is 0. The van der Waals surface area contributed by atoms with Gasteiger partial charge < -0.3 is 5.32 Å². The zero-order chi connectivity index (χ0) is 17.7. The highest BCUT2D eigenvalue weighted by atomic mass is 32.2. The molecule has 0 spiro atoms. The van der Waals surface area contributed by atoms with Gasteiger partial charge in [0.15, 0.2) is 4.90 Å². The standard InChI is InChI=1S/C15H19F2N3O3S/c1-2-6-18-14(21)11-19-7-9-20(10-8-19)24(22,23)15-12(16)4-3-5-13(15)17/h2-5H,1,6-11H2,(H,18,21). The first-order chi connectivity index (χ1) is 11.4. The molecule has 1 amide bonds. The third-order valence-electron chi connectivity index (χ3n) is 3.66. The van der Waals surface area contributed by atoms with Crippen LogP contribution in [0, 0.1) is 11.6 Å². The van der Waals surface area contributed by atoms with Crippen molar-refractivity contribution in [3.05, 3.63) is 42.5 Å². The first-order valence-electron chi connectivity index (χ1n) is 7.40. The Morgan fingerprint density at radius 1 is 1.21 bits per heavy atom. The number of nitrogens with zero attached hydrogens (tertiary/aromatic N) is 2. The van der Waals surface area contributed by atoms with Crippen LogP contribution in [0.5, 0.6) is 0 Å². The molecule has 1 aromatic rings. The number of sulfonamides is 1. The molecule has 1 aliphatic rings. The summed E-state index contributed by atoms with van der Waals surface area (Å²) >= 11 is 0. The van der Waals surface area contributed by atoms with Gasteiger partial charge in [-0.3, -0.25) is 9.69 Å². The third kappa shape index (κ3) is 4.16. The largest absolute Gasteiger partial charge is 0.352 e. The summed E-state index contributed by atoms with van der Waals surface area (Å²) in [6.45, 7) is 4.72. The van der Waals surface area contributed by atoms with Crippen molar-refractivity contribution in [1.82, 2.24) is 14.5 Å². The highest BCUT2D eigenvalue weighted by Gasteiger charge is 2.33. The van der Waals surface area contributed by atoms with Crippen molar-refractivity contribution in [3.63, 3.8) is 0 Å². The van der Waals surface area contributed by atoms with Crippen LogP contribution in [-0.4, -0.2) is 62.8 Å². The molecule has 2 rings (SSSR count). The normalized spacial score (nSPS) is 16.8. The second-order valence-electron chi connectivity index (χ2n) is 5.32. The number of benzene rings is 1. The van der Waals surface area contributed by atoms with Crippen LogP contribution < -0.4 is 5.32 Å². The van der Waals surface area contributed by atoms with Gasteiger partial charge in [-0.05, 0) is 12.1 Å². The van der Waals surface area contributed by atoms with E-state index >= 15 is 0 Å². The second kappa shape index (κ2) is 7.82. The van der Waals surface area contributed by atoms with Gasteiger partial charge in [-0.15, -0.1) is 6.58 Å². The van der Waals surface area contributed by atoms with E-state index in [1.807, 2.05) is 0 Å². The Labute approximate surface area is 139 Å². The minimum absolute atomic E-state index is 0.0604. The van der Waals surface area contributed by atoms with E-state index < -0.39 is 26.6 Å². The molecule has 132 valence electrons. The van der Waals surface area contributed by atoms with Crippen molar-refractivity contribution >= 4 is 15.9 Å². The minimum atomic E-state index is -4.25. The molecule has 6 nitrogen and oxygen atoms in total. The molecule has 0 aliphatic carbocycles. The lowest BCUT2D eigenvalue weighted by Crippen LogP contribution is -2.51. The van der Waals surface area contributed by atoms with E-state index in [1.165, 1.54) is 0 Å². The number of carbonyl (C=O) groups excluding carboxylic acids is 1. The van der Waals surface area contributed by atoms with E-state index in [-0.39, 0.29) is 25.5 Å². The van der Waals surface area contributed by atoms with Gasteiger partial charge >= 0.3 is 0 Å². The van der Waals surface area contributed by atoms with Crippen LogP contribution in [0.3, 0.4) is 0 Å². The summed E-state index contributed by atoms with van der Waals surface area (Å²) in [6, 6.07) is 2.94. The monoisotopic (exact) mass is 359 g/mol. The number of halogens is 2. The molecule has 1 saturated heterocycles. The Hall–Kier alpha value is -1.84. The fourth-order valence-electron chi connectivity index (χ4n) is 2.43. The fraction of sp³-hybridized carbons (Fsp3) is 0.400. The van der Waals surface area contributed by atoms with Crippen LogP contribution in [0.1, 0.15) is 0 Å². The molecule has 0 saturated carbocycles. The fourth-order valence-corrected chi connectivity index (χ4v) is 3.96. The van der Waals surface area contributed by atoms with Crippen LogP contribution in [-0.2, 0) is 14.8 Å². The first kappa shape index (κ1) is 18.5. The van der Waals surface area contributed by atoms with Crippen LogP contribution in [0.15, 0.2) is 35.7 Å². The smallest absolute Gasteiger partial charge is 0.249 e. The van der Waals surface area contributed by atoms with Gasteiger partial charge in [-0.1, -0.05) is 12.1 Å². The molecule has 0 aromatic heterocycles. The Kier molecular flexibility index (Phi) is 6.03. The van der Waals surface area contributed by atoms with E-state index in [0.29, 0.717) is 19.6 Å². The molecule has 1 aliphatic heterocycles. The quantitative estimate of drug-likeness (QED) is 0.754. The van der Waals surface area contributed by atoms with Crippen molar-refractivity contribution in [2.45, 2.75) is 4.90 Å². The van der Waals surface area contributed by atoms with Crippen molar-refractivity contribution in [2.75, 3.05) is 39.3 Å². The van der Waals surface area contributed by atoms with Gasteiger partial charge in [-0.2, -0.15) is 4.31 Å². The molecule has 0 radical (unpaired) electrons. The maximum atomic E-state index is 13.8. The Balaban J connectivity index is 2.01. The van der Waals surface area contributed by atoms with Crippen molar-refractivity contribution in [2.24, 2.45) is 0 Å². The van der Waals surface area contributed by atoms with Crippen LogP contribution >= 0.6 is 0 Å². The zero-order valence-corrected chi connectivity index (χ0v) is 13.9. The number of amides is 1. The topological polar surface area (TPSA) is 69.7 Å². The van der Waals surface area contributed by atoms with Gasteiger partial charge in [-0.25, -0.2) is 17.2 Å². The maximum absolute atomic E-state index is 13.8. The Bertz CT molecular complexity index is 696. The number of hydrogen-bond acceptors (Lipinski definition) is 4. The molecule has 0 bridgehead atoms. The number of rotatable bonds is 6. The van der Waals surface area contributed by atoms with Gasteiger partial charge in [0.1, 0.15) is 11.6 Å². The lowest BCUT2D eigenvalue weighted by Gasteiger charge is -2.33. The number of hydrogen-bond donors (Lipinski definition) is 1. The summed E-state index contributed by atoms with van der Waals surface area (Å²) in [7, 11) is -4.25. The van der Waals surface area contributed by atoms with E-state index in [1.54, 1.807) is 11.0 Å². The van der Waals surface area contributed by atoms with E-state index in [4.69, 9.17) is 0 Å². The molecule has 0 atom stereocenters. The van der Waals surface area contributed by atoms with Gasteiger partial charge in [0.2, 0.25) is 15.9 Å². The zero-order valence-electron chi connectivity index (χ0n) is 13.0. The van der Waals surface area contributed by atoms with Crippen LogP contribution in [0.2, 0.25) is 0 Å². The summed E-state index contributed by atoms with van der Waals surface area (Å²) in [6.07, 6.45) is 1.56. The molecular weight excluding hydrogens is 340 g/mol. The summed E-state index contributed by atoms with van der Waals surface area (Å²) in [5.74, 6) is -2.41. The highest BCUT2D eigenvalue weighted by molar-refractivity contribution is 7.89. The maximum Gasteiger partial charge on any atom is 0.249 e. The Morgan fingerprint density at radius 3 is 2.33 bits per heavy atom. The number of nitrogens with one attached hydrogen (secondary N) is 1. The predicted octanol–water partition coefficient (Wildman–Crippen LogP) is 0.573. The first-order valence-corrected chi connectivity index (χ1v) is 8.84.